The predicted octanol–water partition coefficient (Wildman–Crippen LogP) is 2.78. The van der Waals surface area contributed by atoms with Crippen LogP contribution in [0, 0.1) is 5.92 Å². The number of nitrogens with zero attached hydrogens (tertiary/aromatic N) is 1. The van der Waals surface area contributed by atoms with Crippen molar-refractivity contribution in [3.63, 3.8) is 0 Å². The second-order valence-corrected chi connectivity index (χ2v) is 4.78. The molecule has 0 aromatic carbocycles. The zero-order valence-electron chi connectivity index (χ0n) is 9.41. The van der Waals surface area contributed by atoms with E-state index in [4.69, 9.17) is 4.74 Å². The minimum absolute atomic E-state index is 0.249. The molecule has 1 atom stereocenters. The fourth-order valence-corrected chi connectivity index (χ4v) is 1.24. The molecule has 3 nitrogen and oxygen atoms in total. The molecule has 80 valence electrons. The van der Waals surface area contributed by atoms with Gasteiger partial charge in [0.05, 0.1) is 0 Å². The first kappa shape index (κ1) is 11.1. The van der Waals surface area contributed by atoms with Crippen LogP contribution >= 0.6 is 0 Å². The van der Waals surface area contributed by atoms with Crippen LogP contribution in [0.3, 0.4) is 0 Å². The SMILES string of the molecule is C[C@@H]1C=CN(C(=O)OC(C)(C)C)CC1. The molecule has 1 heterocycles. The summed E-state index contributed by atoms with van der Waals surface area (Å²) in [5, 5.41) is 0. The fourth-order valence-electron chi connectivity index (χ4n) is 1.24. The Kier molecular flexibility index (Phi) is 3.19. The van der Waals surface area contributed by atoms with Crippen molar-refractivity contribution in [2.75, 3.05) is 6.54 Å². The summed E-state index contributed by atoms with van der Waals surface area (Å²) in [5.74, 6) is 0.564. The predicted molar refractivity (Wildman–Crippen MR) is 55.9 cm³/mol. The lowest BCUT2D eigenvalue weighted by Crippen LogP contribution is -2.35. The maximum Gasteiger partial charge on any atom is 0.414 e. The summed E-state index contributed by atoms with van der Waals surface area (Å²) in [5.41, 5.74) is -0.409. The third-order valence-corrected chi connectivity index (χ3v) is 2.05. The molecule has 3 heteroatoms. The minimum atomic E-state index is -0.409. The van der Waals surface area contributed by atoms with Crippen molar-refractivity contribution >= 4 is 6.09 Å². The van der Waals surface area contributed by atoms with Crippen LogP contribution in [0.1, 0.15) is 34.1 Å². The van der Waals surface area contributed by atoms with Gasteiger partial charge in [-0.25, -0.2) is 4.79 Å². The quantitative estimate of drug-likeness (QED) is 0.597. The Morgan fingerprint density at radius 2 is 2.14 bits per heavy atom. The average Bonchev–Trinajstić information content (AvgIpc) is 2.02. The number of rotatable bonds is 0. The molecule has 1 aliphatic rings. The van der Waals surface area contributed by atoms with E-state index in [1.165, 1.54) is 0 Å². The van der Waals surface area contributed by atoms with E-state index in [-0.39, 0.29) is 6.09 Å². The maximum atomic E-state index is 11.6. The zero-order chi connectivity index (χ0) is 10.8. The van der Waals surface area contributed by atoms with Crippen LogP contribution in [0.25, 0.3) is 0 Å². The summed E-state index contributed by atoms with van der Waals surface area (Å²) in [6.07, 6.45) is 4.62. The summed E-state index contributed by atoms with van der Waals surface area (Å²) in [6, 6.07) is 0. The third-order valence-electron chi connectivity index (χ3n) is 2.05. The second kappa shape index (κ2) is 4.03. The molecule has 1 aliphatic heterocycles. The lowest BCUT2D eigenvalue weighted by molar-refractivity contribution is 0.0321. The molecule has 1 amide bonds. The zero-order valence-corrected chi connectivity index (χ0v) is 9.41. The molecule has 0 aromatic rings. The van der Waals surface area contributed by atoms with Crippen molar-refractivity contribution in [2.45, 2.75) is 39.7 Å². The number of amides is 1. The van der Waals surface area contributed by atoms with E-state index in [2.05, 4.69) is 6.92 Å². The normalized spacial score (nSPS) is 22.3. The van der Waals surface area contributed by atoms with Gasteiger partial charge in [0, 0.05) is 12.7 Å². The lowest BCUT2D eigenvalue weighted by Gasteiger charge is -2.28. The molecule has 0 unspecified atom stereocenters. The smallest absolute Gasteiger partial charge is 0.414 e. The molecule has 0 aliphatic carbocycles. The largest absolute Gasteiger partial charge is 0.443 e. The van der Waals surface area contributed by atoms with Crippen LogP contribution in [-0.4, -0.2) is 23.1 Å². The van der Waals surface area contributed by atoms with E-state index in [1.807, 2.05) is 33.0 Å². The highest BCUT2D eigenvalue weighted by Gasteiger charge is 2.22. The van der Waals surface area contributed by atoms with Crippen molar-refractivity contribution in [3.8, 4) is 0 Å². The van der Waals surface area contributed by atoms with Crippen LogP contribution in [0.15, 0.2) is 12.3 Å². The lowest BCUT2D eigenvalue weighted by atomic mass is 10.1. The molecule has 0 radical (unpaired) electrons. The number of ether oxygens (including phenoxy) is 1. The van der Waals surface area contributed by atoms with Gasteiger partial charge in [0.1, 0.15) is 5.60 Å². The number of carbonyl (C=O) groups is 1. The van der Waals surface area contributed by atoms with E-state index >= 15 is 0 Å². The maximum absolute atomic E-state index is 11.6. The van der Waals surface area contributed by atoms with Gasteiger partial charge in [-0.1, -0.05) is 13.0 Å². The Morgan fingerprint density at radius 3 is 2.57 bits per heavy atom. The van der Waals surface area contributed by atoms with Crippen molar-refractivity contribution < 1.29 is 9.53 Å². The molecule has 0 aromatic heterocycles. The first-order chi connectivity index (χ1) is 6.38. The van der Waals surface area contributed by atoms with Gasteiger partial charge in [0.25, 0.3) is 0 Å². The van der Waals surface area contributed by atoms with Gasteiger partial charge >= 0.3 is 6.09 Å². The monoisotopic (exact) mass is 197 g/mol. The Labute approximate surface area is 85.7 Å². The van der Waals surface area contributed by atoms with E-state index in [0.717, 1.165) is 13.0 Å². The molecule has 14 heavy (non-hydrogen) atoms. The second-order valence-electron chi connectivity index (χ2n) is 4.78. The van der Waals surface area contributed by atoms with Crippen LogP contribution in [0.5, 0.6) is 0 Å². The topological polar surface area (TPSA) is 29.5 Å². The standard InChI is InChI=1S/C11H19NO2/c1-9-5-7-12(8-6-9)10(13)14-11(2,3)4/h5,7,9H,6,8H2,1-4H3/t9-/m1/s1. The first-order valence-corrected chi connectivity index (χ1v) is 5.06. The molecular weight excluding hydrogens is 178 g/mol. The average molecular weight is 197 g/mol. The van der Waals surface area contributed by atoms with E-state index in [0.29, 0.717) is 5.92 Å². The van der Waals surface area contributed by atoms with E-state index in [1.54, 1.807) is 4.90 Å². The summed E-state index contributed by atoms with van der Waals surface area (Å²) in [4.78, 5) is 13.2. The van der Waals surface area contributed by atoms with Crippen LogP contribution in [0.2, 0.25) is 0 Å². The van der Waals surface area contributed by atoms with Crippen LogP contribution < -0.4 is 0 Å². The number of hydrogen-bond acceptors (Lipinski definition) is 2. The van der Waals surface area contributed by atoms with Gasteiger partial charge in [-0.3, -0.25) is 4.90 Å². The Balaban J connectivity index is 2.50. The number of allylic oxidation sites excluding steroid dienone is 1. The minimum Gasteiger partial charge on any atom is -0.443 e. The van der Waals surface area contributed by atoms with Crippen molar-refractivity contribution in [1.82, 2.24) is 4.90 Å². The van der Waals surface area contributed by atoms with Gasteiger partial charge in [0.15, 0.2) is 0 Å². The van der Waals surface area contributed by atoms with Crippen molar-refractivity contribution in [1.29, 1.82) is 0 Å². The Bertz CT molecular complexity index is 240. The Morgan fingerprint density at radius 1 is 1.50 bits per heavy atom. The molecule has 0 bridgehead atoms. The Hall–Kier alpha value is -0.990. The van der Waals surface area contributed by atoms with Gasteiger partial charge in [0.2, 0.25) is 0 Å². The summed E-state index contributed by atoms with van der Waals surface area (Å²) >= 11 is 0. The van der Waals surface area contributed by atoms with Crippen molar-refractivity contribution in [3.05, 3.63) is 12.3 Å². The van der Waals surface area contributed by atoms with E-state index < -0.39 is 5.60 Å². The summed E-state index contributed by atoms with van der Waals surface area (Å²) in [6.45, 7) is 8.53. The highest BCUT2D eigenvalue weighted by molar-refractivity contribution is 5.69. The van der Waals surface area contributed by atoms with Gasteiger partial charge in [-0.15, -0.1) is 0 Å². The molecule has 1 rings (SSSR count). The molecular formula is C11H19NO2. The van der Waals surface area contributed by atoms with Gasteiger partial charge < -0.3 is 4.74 Å². The fraction of sp³-hybridized carbons (Fsp3) is 0.727. The van der Waals surface area contributed by atoms with E-state index in [9.17, 15) is 4.79 Å². The van der Waals surface area contributed by atoms with Crippen LogP contribution in [0.4, 0.5) is 4.79 Å². The highest BCUT2D eigenvalue weighted by Crippen LogP contribution is 2.16. The third kappa shape index (κ3) is 3.40. The van der Waals surface area contributed by atoms with Crippen molar-refractivity contribution in [2.24, 2.45) is 5.92 Å². The summed E-state index contributed by atoms with van der Waals surface area (Å²) < 4.78 is 5.25. The van der Waals surface area contributed by atoms with Gasteiger partial charge in [-0.05, 0) is 33.1 Å². The number of carbonyl (C=O) groups excluding carboxylic acids is 1. The molecule has 0 fully saturated rings. The molecule has 0 spiro atoms. The summed E-state index contributed by atoms with van der Waals surface area (Å²) in [7, 11) is 0. The first-order valence-electron chi connectivity index (χ1n) is 5.06. The van der Waals surface area contributed by atoms with Gasteiger partial charge in [-0.2, -0.15) is 0 Å². The molecule has 0 saturated carbocycles. The molecule has 0 N–H and O–H groups in total. The number of hydrogen-bond donors (Lipinski definition) is 0. The highest BCUT2D eigenvalue weighted by atomic mass is 16.6. The van der Waals surface area contributed by atoms with Crippen LogP contribution in [-0.2, 0) is 4.74 Å². The molecule has 0 saturated heterocycles.